The highest BCUT2D eigenvalue weighted by molar-refractivity contribution is 7.15. The summed E-state index contributed by atoms with van der Waals surface area (Å²) in [6.07, 6.45) is 0. The number of nitrogens with one attached hydrogen (secondary N) is 1. The van der Waals surface area contributed by atoms with E-state index >= 15 is 0 Å². The molecule has 0 aliphatic carbocycles. The Morgan fingerprint density at radius 2 is 1.87 bits per heavy atom. The first kappa shape index (κ1) is 22.0. The second kappa shape index (κ2) is 9.40. The van der Waals surface area contributed by atoms with Crippen LogP contribution in [0.15, 0.2) is 47.8 Å². The highest BCUT2D eigenvalue weighted by Crippen LogP contribution is 2.37. The van der Waals surface area contributed by atoms with Gasteiger partial charge in [-0.05, 0) is 37.6 Å². The summed E-state index contributed by atoms with van der Waals surface area (Å²) in [7, 11) is 1.56. The number of ether oxygens (including phenoxy) is 2. The molecule has 0 radical (unpaired) electrons. The highest BCUT2D eigenvalue weighted by atomic mass is 32.1. The molecule has 160 valence electrons. The van der Waals surface area contributed by atoms with Gasteiger partial charge in [-0.1, -0.05) is 18.2 Å². The largest absolute Gasteiger partial charge is 0.497 e. The topological polar surface area (TPSA) is 108 Å². The Morgan fingerprint density at radius 3 is 2.48 bits per heavy atom. The Bertz CT molecular complexity index is 1140. The van der Waals surface area contributed by atoms with Crippen LogP contribution in [0.2, 0.25) is 0 Å². The maximum absolute atomic E-state index is 12.8. The van der Waals surface area contributed by atoms with E-state index in [4.69, 9.17) is 9.47 Å². The van der Waals surface area contributed by atoms with E-state index in [1.54, 1.807) is 50.6 Å². The Morgan fingerprint density at radius 1 is 1.16 bits per heavy atom. The summed E-state index contributed by atoms with van der Waals surface area (Å²) in [5.74, 6) is -0.456. The van der Waals surface area contributed by atoms with Crippen LogP contribution in [0.4, 0.5) is 10.7 Å². The zero-order chi connectivity index (χ0) is 22.5. The molecule has 0 fully saturated rings. The van der Waals surface area contributed by atoms with Crippen molar-refractivity contribution in [3.05, 3.63) is 74.6 Å². The standard InChI is InChI=1S/C22H20N2O6S/c1-4-30-22(26)19-17(14-7-9-16(29-3)10-8-14)12-31-21(19)23-20(25)15-6-5-13(2)18(11-15)24(27)28/h5-12H,4H2,1-3H3,(H,23,25). The SMILES string of the molecule is CCOC(=O)c1c(-c2ccc(OC)cc2)csc1NC(=O)c1ccc(C)c([N+](=O)[O-])c1. The number of anilines is 1. The van der Waals surface area contributed by atoms with Gasteiger partial charge >= 0.3 is 5.97 Å². The minimum Gasteiger partial charge on any atom is -0.497 e. The number of rotatable bonds is 7. The Hall–Kier alpha value is -3.72. The van der Waals surface area contributed by atoms with Gasteiger partial charge in [-0.3, -0.25) is 14.9 Å². The fourth-order valence-corrected chi connectivity index (χ4v) is 3.91. The van der Waals surface area contributed by atoms with Crippen molar-refractivity contribution >= 4 is 33.9 Å². The van der Waals surface area contributed by atoms with Crippen LogP contribution >= 0.6 is 11.3 Å². The lowest BCUT2D eigenvalue weighted by atomic mass is 10.0. The van der Waals surface area contributed by atoms with Crippen molar-refractivity contribution in [2.24, 2.45) is 0 Å². The smallest absolute Gasteiger partial charge is 0.341 e. The molecule has 1 N–H and O–H groups in total. The van der Waals surface area contributed by atoms with Crippen molar-refractivity contribution in [1.29, 1.82) is 0 Å². The molecular weight excluding hydrogens is 420 g/mol. The number of nitro benzene ring substituents is 1. The lowest BCUT2D eigenvalue weighted by Gasteiger charge is -2.09. The molecule has 31 heavy (non-hydrogen) atoms. The van der Waals surface area contributed by atoms with Crippen LogP contribution in [0, 0.1) is 17.0 Å². The maximum Gasteiger partial charge on any atom is 0.341 e. The summed E-state index contributed by atoms with van der Waals surface area (Å²) in [6, 6.07) is 11.4. The van der Waals surface area contributed by atoms with Crippen molar-refractivity contribution < 1.29 is 24.0 Å². The summed E-state index contributed by atoms with van der Waals surface area (Å²) in [6.45, 7) is 3.47. The average Bonchev–Trinajstić information content (AvgIpc) is 3.17. The van der Waals surface area contributed by atoms with Crippen molar-refractivity contribution in [2.45, 2.75) is 13.8 Å². The van der Waals surface area contributed by atoms with E-state index in [2.05, 4.69) is 5.32 Å². The average molecular weight is 440 g/mol. The van der Waals surface area contributed by atoms with Gasteiger partial charge in [0.25, 0.3) is 11.6 Å². The minimum atomic E-state index is -0.570. The molecule has 0 saturated heterocycles. The number of nitrogens with zero attached hydrogens (tertiary/aromatic N) is 1. The zero-order valence-corrected chi connectivity index (χ0v) is 17.9. The molecule has 0 spiro atoms. The minimum absolute atomic E-state index is 0.117. The molecule has 0 aliphatic heterocycles. The zero-order valence-electron chi connectivity index (χ0n) is 17.1. The Balaban J connectivity index is 1.98. The van der Waals surface area contributed by atoms with Crippen LogP contribution in [0.1, 0.15) is 33.2 Å². The second-order valence-corrected chi connectivity index (χ2v) is 7.39. The summed E-state index contributed by atoms with van der Waals surface area (Å²) in [4.78, 5) is 36.1. The number of hydrogen-bond acceptors (Lipinski definition) is 7. The number of thiophene rings is 1. The molecule has 3 rings (SSSR count). The van der Waals surface area contributed by atoms with Crippen LogP contribution in [-0.4, -0.2) is 30.5 Å². The van der Waals surface area contributed by atoms with Crippen LogP contribution in [0.25, 0.3) is 11.1 Å². The van der Waals surface area contributed by atoms with E-state index < -0.39 is 16.8 Å². The fourth-order valence-electron chi connectivity index (χ4n) is 2.96. The molecule has 0 unspecified atom stereocenters. The Labute approximate surface area is 182 Å². The Kier molecular flexibility index (Phi) is 6.66. The number of carbonyl (C=O) groups excluding carboxylic acids is 2. The molecule has 9 heteroatoms. The molecule has 8 nitrogen and oxygen atoms in total. The quantitative estimate of drug-likeness (QED) is 0.312. The third-order valence-corrected chi connectivity index (χ3v) is 5.46. The molecular formula is C22H20N2O6S. The van der Waals surface area contributed by atoms with Gasteiger partial charge in [0.15, 0.2) is 0 Å². The lowest BCUT2D eigenvalue weighted by Crippen LogP contribution is -2.15. The van der Waals surface area contributed by atoms with Crippen molar-refractivity contribution in [2.75, 3.05) is 19.0 Å². The highest BCUT2D eigenvalue weighted by Gasteiger charge is 2.24. The van der Waals surface area contributed by atoms with E-state index in [-0.39, 0.29) is 23.4 Å². The number of carbonyl (C=O) groups is 2. The van der Waals surface area contributed by atoms with Gasteiger partial charge in [-0.25, -0.2) is 4.79 Å². The van der Waals surface area contributed by atoms with Gasteiger partial charge in [0, 0.05) is 28.1 Å². The molecule has 3 aromatic rings. The molecule has 0 aliphatic rings. The molecule has 2 aromatic carbocycles. The molecule has 0 atom stereocenters. The molecule has 0 bridgehead atoms. The predicted octanol–water partition coefficient (Wildman–Crippen LogP) is 5.07. The van der Waals surface area contributed by atoms with Gasteiger partial charge in [0.05, 0.1) is 18.6 Å². The van der Waals surface area contributed by atoms with Crippen molar-refractivity contribution in [3.8, 4) is 16.9 Å². The van der Waals surface area contributed by atoms with Crippen LogP contribution in [-0.2, 0) is 4.74 Å². The summed E-state index contributed by atoms with van der Waals surface area (Å²) in [5.41, 5.74) is 2.01. The number of methoxy groups -OCH3 is 1. The van der Waals surface area contributed by atoms with Crippen molar-refractivity contribution in [1.82, 2.24) is 0 Å². The van der Waals surface area contributed by atoms with E-state index in [9.17, 15) is 19.7 Å². The number of aryl methyl sites for hydroxylation is 1. The third kappa shape index (κ3) is 4.72. The lowest BCUT2D eigenvalue weighted by molar-refractivity contribution is -0.385. The molecule has 1 amide bonds. The predicted molar refractivity (Wildman–Crippen MR) is 118 cm³/mol. The molecule has 1 aromatic heterocycles. The first-order valence-corrected chi connectivity index (χ1v) is 10.2. The van der Waals surface area contributed by atoms with E-state index in [0.717, 1.165) is 5.56 Å². The van der Waals surface area contributed by atoms with Gasteiger partial charge in [0.2, 0.25) is 0 Å². The summed E-state index contributed by atoms with van der Waals surface area (Å²) < 4.78 is 10.4. The first-order valence-electron chi connectivity index (χ1n) is 9.35. The molecule has 1 heterocycles. The van der Waals surface area contributed by atoms with Gasteiger partial charge in [0.1, 0.15) is 16.3 Å². The number of esters is 1. The van der Waals surface area contributed by atoms with E-state index in [1.807, 2.05) is 0 Å². The first-order chi connectivity index (χ1) is 14.8. The second-order valence-electron chi connectivity index (χ2n) is 6.51. The summed E-state index contributed by atoms with van der Waals surface area (Å²) in [5, 5.41) is 15.9. The fraction of sp³-hybridized carbons (Fsp3) is 0.182. The normalized spacial score (nSPS) is 10.4. The maximum atomic E-state index is 12.8. The molecule has 0 saturated carbocycles. The van der Waals surface area contributed by atoms with Crippen LogP contribution in [0.3, 0.4) is 0 Å². The number of benzene rings is 2. The monoisotopic (exact) mass is 440 g/mol. The summed E-state index contributed by atoms with van der Waals surface area (Å²) >= 11 is 1.17. The van der Waals surface area contributed by atoms with Gasteiger partial charge in [-0.2, -0.15) is 0 Å². The third-order valence-electron chi connectivity index (χ3n) is 4.57. The van der Waals surface area contributed by atoms with E-state index in [1.165, 1.54) is 29.5 Å². The van der Waals surface area contributed by atoms with Crippen LogP contribution < -0.4 is 10.1 Å². The van der Waals surface area contributed by atoms with Gasteiger partial charge < -0.3 is 14.8 Å². The van der Waals surface area contributed by atoms with E-state index in [0.29, 0.717) is 21.9 Å². The number of amides is 1. The van der Waals surface area contributed by atoms with Crippen LogP contribution in [0.5, 0.6) is 5.75 Å². The number of nitro groups is 1. The number of hydrogen-bond donors (Lipinski definition) is 1. The van der Waals surface area contributed by atoms with Gasteiger partial charge in [-0.15, -0.1) is 11.3 Å². The van der Waals surface area contributed by atoms with Crippen molar-refractivity contribution in [3.63, 3.8) is 0 Å².